The van der Waals surface area contributed by atoms with Gasteiger partial charge in [0.1, 0.15) is 0 Å². The first-order valence-electron chi connectivity index (χ1n) is 6.72. The Bertz CT molecular complexity index is 483. The number of nitrogens with one attached hydrogen (secondary N) is 1. The standard InChI is InChI=1S/C14H24N2O2S/c1-4-5-13-6-8-14(9-7-13)19(17,18)16-12(3)11(2)10-15/h6-9,11-12,16H,4-5,10,15H2,1-3H3. The zero-order valence-electron chi connectivity index (χ0n) is 11.9. The van der Waals surface area contributed by atoms with Crippen LogP contribution in [0.15, 0.2) is 29.2 Å². The molecule has 0 amide bonds. The Morgan fingerprint density at radius 3 is 2.26 bits per heavy atom. The molecule has 0 aliphatic rings. The minimum atomic E-state index is -3.45. The van der Waals surface area contributed by atoms with Gasteiger partial charge in [0, 0.05) is 6.04 Å². The van der Waals surface area contributed by atoms with E-state index in [2.05, 4.69) is 11.6 Å². The maximum atomic E-state index is 12.2. The number of hydrogen-bond donors (Lipinski definition) is 2. The summed E-state index contributed by atoms with van der Waals surface area (Å²) >= 11 is 0. The van der Waals surface area contributed by atoms with Gasteiger partial charge in [-0.05, 0) is 43.5 Å². The molecule has 0 heterocycles. The van der Waals surface area contributed by atoms with Gasteiger partial charge < -0.3 is 5.73 Å². The van der Waals surface area contributed by atoms with E-state index in [-0.39, 0.29) is 12.0 Å². The number of aryl methyl sites for hydroxylation is 1. The van der Waals surface area contributed by atoms with Crippen LogP contribution in [0.2, 0.25) is 0 Å². The first kappa shape index (κ1) is 16.1. The molecule has 0 spiro atoms. The van der Waals surface area contributed by atoms with Gasteiger partial charge in [-0.15, -0.1) is 0 Å². The van der Waals surface area contributed by atoms with Crippen LogP contribution in [0.25, 0.3) is 0 Å². The first-order valence-corrected chi connectivity index (χ1v) is 8.20. The van der Waals surface area contributed by atoms with Gasteiger partial charge in [-0.1, -0.05) is 32.4 Å². The Morgan fingerprint density at radius 1 is 1.21 bits per heavy atom. The molecule has 19 heavy (non-hydrogen) atoms. The van der Waals surface area contributed by atoms with E-state index in [1.54, 1.807) is 12.1 Å². The van der Waals surface area contributed by atoms with Gasteiger partial charge in [-0.3, -0.25) is 0 Å². The van der Waals surface area contributed by atoms with Crippen LogP contribution in [0.1, 0.15) is 32.8 Å². The van der Waals surface area contributed by atoms with E-state index in [1.807, 2.05) is 26.0 Å². The summed E-state index contributed by atoms with van der Waals surface area (Å²) < 4.78 is 27.0. The monoisotopic (exact) mass is 284 g/mol. The van der Waals surface area contributed by atoms with Crippen LogP contribution < -0.4 is 10.5 Å². The zero-order valence-corrected chi connectivity index (χ0v) is 12.7. The van der Waals surface area contributed by atoms with Crippen LogP contribution in [0.3, 0.4) is 0 Å². The number of nitrogens with two attached hydrogens (primary N) is 1. The molecule has 0 saturated heterocycles. The van der Waals surface area contributed by atoms with Gasteiger partial charge in [-0.25, -0.2) is 13.1 Å². The van der Waals surface area contributed by atoms with Crippen LogP contribution in [-0.2, 0) is 16.4 Å². The quantitative estimate of drug-likeness (QED) is 0.803. The molecular formula is C14H24N2O2S. The summed E-state index contributed by atoms with van der Waals surface area (Å²) in [6, 6.07) is 6.88. The predicted octanol–water partition coefficient (Wildman–Crippen LogP) is 1.90. The molecule has 0 aliphatic heterocycles. The highest BCUT2D eigenvalue weighted by Gasteiger charge is 2.20. The summed E-state index contributed by atoms with van der Waals surface area (Å²) in [6.07, 6.45) is 2.02. The molecule has 2 atom stereocenters. The largest absolute Gasteiger partial charge is 0.330 e. The third-order valence-corrected chi connectivity index (χ3v) is 4.91. The molecule has 4 nitrogen and oxygen atoms in total. The summed E-state index contributed by atoms with van der Waals surface area (Å²) in [4.78, 5) is 0.309. The Labute approximate surface area is 116 Å². The van der Waals surface area contributed by atoms with Crippen molar-refractivity contribution < 1.29 is 8.42 Å². The van der Waals surface area contributed by atoms with Gasteiger partial charge in [0.25, 0.3) is 0 Å². The van der Waals surface area contributed by atoms with Gasteiger partial charge in [0.05, 0.1) is 4.90 Å². The fourth-order valence-electron chi connectivity index (χ4n) is 1.76. The van der Waals surface area contributed by atoms with Gasteiger partial charge in [0.15, 0.2) is 0 Å². The lowest BCUT2D eigenvalue weighted by atomic mass is 10.1. The van der Waals surface area contributed by atoms with Crippen molar-refractivity contribution in [2.45, 2.75) is 44.6 Å². The van der Waals surface area contributed by atoms with Crippen molar-refractivity contribution in [3.8, 4) is 0 Å². The van der Waals surface area contributed by atoms with Crippen LogP contribution in [0.4, 0.5) is 0 Å². The maximum absolute atomic E-state index is 12.2. The molecule has 1 rings (SSSR count). The number of sulfonamides is 1. The van der Waals surface area contributed by atoms with Crippen LogP contribution in [-0.4, -0.2) is 21.0 Å². The smallest absolute Gasteiger partial charge is 0.240 e. The molecule has 3 N–H and O–H groups in total. The van der Waals surface area contributed by atoms with Crippen molar-refractivity contribution in [2.75, 3.05) is 6.54 Å². The number of benzene rings is 1. The molecule has 108 valence electrons. The third-order valence-electron chi connectivity index (χ3n) is 3.34. The van der Waals surface area contributed by atoms with E-state index in [0.29, 0.717) is 11.4 Å². The summed E-state index contributed by atoms with van der Waals surface area (Å²) in [7, 11) is -3.45. The number of hydrogen-bond acceptors (Lipinski definition) is 3. The Balaban J connectivity index is 2.82. The average molecular weight is 284 g/mol. The highest BCUT2D eigenvalue weighted by molar-refractivity contribution is 7.89. The lowest BCUT2D eigenvalue weighted by Crippen LogP contribution is -2.39. The van der Waals surface area contributed by atoms with E-state index in [0.717, 1.165) is 18.4 Å². The molecule has 5 heteroatoms. The van der Waals surface area contributed by atoms with Crippen LogP contribution in [0.5, 0.6) is 0 Å². The second-order valence-corrected chi connectivity index (χ2v) is 6.73. The minimum absolute atomic E-state index is 0.106. The Kier molecular flexibility index (Phi) is 5.97. The first-order chi connectivity index (χ1) is 8.90. The molecule has 0 bridgehead atoms. The van der Waals surface area contributed by atoms with Crippen molar-refractivity contribution in [2.24, 2.45) is 11.7 Å². The highest BCUT2D eigenvalue weighted by Crippen LogP contribution is 2.13. The normalized spacial score (nSPS) is 15.2. The van der Waals surface area contributed by atoms with Gasteiger partial charge in [0.2, 0.25) is 10.0 Å². The fraction of sp³-hybridized carbons (Fsp3) is 0.571. The van der Waals surface area contributed by atoms with Gasteiger partial charge in [-0.2, -0.15) is 0 Å². The van der Waals surface area contributed by atoms with Crippen molar-refractivity contribution in [1.29, 1.82) is 0 Å². The topological polar surface area (TPSA) is 72.2 Å². The second-order valence-electron chi connectivity index (χ2n) is 5.02. The van der Waals surface area contributed by atoms with E-state index in [4.69, 9.17) is 5.73 Å². The van der Waals surface area contributed by atoms with E-state index < -0.39 is 10.0 Å². The van der Waals surface area contributed by atoms with Gasteiger partial charge >= 0.3 is 0 Å². The molecule has 1 aromatic carbocycles. The lowest BCUT2D eigenvalue weighted by Gasteiger charge is -2.19. The SMILES string of the molecule is CCCc1ccc(S(=O)(=O)NC(C)C(C)CN)cc1. The fourth-order valence-corrected chi connectivity index (χ4v) is 3.11. The minimum Gasteiger partial charge on any atom is -0.330 e. The highest BCUT2D eigenvalue weighted by atomic mass is 32.2. The van der Waals surface area contributed by atoms with Crippen LogP contribution in [0, 0.1) is 5.92 Å². The summed E-state index contributed by atoms with van der Waals surface area (Å²) in [5.41, 5.74) is 6.71. The molecule has 0 aromatic heterocycles. The van der Waals surface area contributed by atoms with E-state index in [1.165, 1.54) is 0 Å². The summed E-state index contributed by atoms with van der Waals surface area (Å²) in [5.74, 6) is 0.106. The van der Waals surface area contributed by atoms with E-state index >= 15 is 0 Å². The van der Waals surface area contributed by atoms with E-state index in [9.17, 15) is 8.42 Å². The molecule has 0 saturated carbocycles. The zero-order chi connectivity index (χ0) is 14.5. The maximum Gasteiger partial charge on any atom is 0.240 e. The molecule has 2 unspecified atom stereocenters. The molecule has 0 fully saturated rings. The third kappa shape index (κ3) is 4.60. The molecule has 0 radical (unpaired) electrons. The molecular weight excluding hydrogens is 260 g/mol. The van der Waals surface area contributed by atoms with Crippen LogP contribution >= 0.6 is 0 Å². The summed E-state index contributed by atoms with van der Waals surface area (Å²) in [6.45, 7) is 6.32. The Morgan fingerprint density at radius 2 is 1.79 bits per heavy atom. The molecule has 1 aromatic rings. The second kappa shape index (κ2) is 7.03. The Hall–Kier alpha value is -0.910. The van der Waals surface area contributed by atoms with Crippen molar-refractivity contribution in [3.63, 3.8) is 0 Å². The predicted molar refractivity (Wildman–Crippen MR) is 78.4 cm³/mol. The lowest BCUT2D eigenvalue weighted by molar-refractivity contribution is 0.453. The van der Waals surface area contributed by atoms with Crippen molar-refractivity contribution in [1.82, 2.24) is 4.72 Å². The number of rotatable bonds is 7. The summed E-state index contributed by atoms with van der Waals surface area (Å²) in [5, 5.41) is 0. The average Bonchev–Trinajstić information content (AvgIpc) is 2.38. The molecule has 0 aliphatic carbocycles. The van der Waals surface area contributed by atoms with Crippen molar-refractivity contribution in [3.05, 3.63) is 29.8 Å². The van der Waals surface area contributed by atoms with Crippen molar-refractivity contribution >= 4 is 10.0 Å².